The highest BCUT2D eigenvalue weighted by atomic mass is 35.5. The van der Waals surface area contributed by atoms with Crippen LogP contribution in [0.3, 0.4) is 0 Å². The molecule has 0 radical (unpaired) electrons. The van der Waals surface area contributed by atoms with Crippen LogP contribution in [0.5, 0.6) is 0 Å². The highest BCUT2D eigenvalue weighted by Crippen LogP contribution is 2.33. The molecule has 0 bridgehead atoms. The molecule has 7 heteroatoms. The summed E-state index contributed by atoms with van der Waals surface area (Å²) in [6.07, 6.45) is 5.23. The maximum absolute atomic E-state index is 12.2. The number of nitrogens with one attached hydrogen (secondary N) is 1. The van der Waals surface area contributed by atoms with Crippen molar-refractivity contribution in [2.24, 2.45) is 5.73 Å². The number of nitrogens with zero attached hydrogens (tertiary/aromatic N) is 1. The number of likely N-dealkylation sites (tertiary alicyclic amines) is 1. The van der Waals surface area contributed by atoms with Crippen LogP contribution in [0.15, 0.2) is 0 Å². The maximum atomic E-state index is 12.2. The Morgan fingerprint density at radius 2 is 2.00 bits per heavy atom. The molecule has 0 aromatic rings. The van der Waals surface area contributed by atoms with Gasteiger partial charge in [0, 0.05) is 31.2 Å². The molecule has 2 saturated heterocycles. The largest absolute Gasteiger partial charge is 0.364 e. The molecule has 3 aliphatic rings. The normalized spacial score (nSPS) is 35.9. The molecule has 3 rings (SSSR count). The van der Waals surface area contributed by atoms with Gasteiger partial charge in [0.05, 0.1) is 6.10 Å². The highest BCUT2D eigenvalue weighted by molar-refractivity contribution is 5.85. The van der Waals surface area contributed by atoms with E-state index in [-0.39, 0.29) is 42.9 Å². The molecule has 0 aromatic carbocycles. The molecule has 3 fully saturated rings. The molecule has 0 spiro atoms. The van der Waals surface area contributed by atoms with E-state index in [0.717, 1.165) is 31.8 Å². The third-order valence-electron chi connectivity index (χ3n) is 4.65. The average molecular weight is 340 g/mol. The molecule has 2 unspecified atom stereocenters. The zero-order valence-electron chi connectivity index (χ0n) is 12.5. The first-order valence-electron chi connectivity index (χ1n) is 7.59. The number of hydrogen-bond acceptors (Lipinski definition) is 4. The summed E-state index contributed by atoms with van der Waals surface area (Å²) < 4.78 is 5.65. The van der Waals surface area contributed by atoms with Crippen molar-refractivity contribution < 1.29 is 9.53 Å². The zero-order valence-corrected chi connectivity index (χ0v) is 14.1. The van der Waals surface area contributed by atoms with E-state index in [1.54, 1.807) is 0 Å². The van der Waals surface area contributed by atoms with Crippen molar-refractivity contribution in [1.29, 1.82) is 0 Å². The summed E-state index contributed by atoms with van der Waals surface area (Å²) in [6, 6.07) is 1.67. The summed E-state index contributed by atoms with van der Waals surface area (Å²) in [5.74, 6) is 0.0609. The molecule has 1 amide bonds. The molecule has 2 heterocycles. The first-order chi connectivity index (χ1) is 9.17. The van der Waals surface area contributed by atoms with E-state index >= 15 is 0 Å². The highest BCUT2D eigenvalue weighted by Gasteiger charge is 2.40. The number of halogens is 2. The molecule has 4 atom stereocenters. The van der Waals surface area contributed by atoms with Gasteiger partial charge in [0.25, 0.3) is 0 Å². The second-order valence-electron chi connectivity index (χ2n) is 6.28. The predicted molar refractivity (Wildman–Crippen MR) is 87.2 cm³/mol. The Bertz CT molecular complexity index is 355. The van der Waals surface area contributed by atoms with Crippen LogP contribution >= 0.6 is 24.8 Å². The summed E-state index contributed by atoms with van der Waals surface area (Å²) in [4.78, 5) is 14.7. The van der Waals surface area contributed by atoms with Gasteiger partial charge in [0.1, 0.15) is 6.10 Å². The van der Waals surface area contributed by atoms with Gasteiger partial charge in [0.15, 0.2) is 0 Å². The molecule has 21 heavy (non-hydrogen) atoms. The van der Waals surface area contributed by atoms with E-state index in [1.807, 2.05) is 0 Å². The average Bonchev–Trinajstić information content (AvgIpc) is 2.99. The molecular weight excluding hydrogens is 313 g/mol. The summed E-state index contributed by atoms with van der Waals surface area (Å²) in [5, 5.41) is 3.16. The number of hydrogen-bond donors (Lipinski definition) is 2. The fourth-order valence-electron chi connectivity index (χ4n) is 3.44. The summed E-state index contributed by atoms with van der Waals surface area (Å²) >= 11 is 0. The van der Waals surface area contributed by atoms with Crippen LogP contribution in [-0.2, 0) is 9.53 Å². The van der Waals surface area contributed by atoms with Crippen molar-refractivity contribution >= 4 is 30.7 Å². The molecule has 1 saturated carbocycles. The summed E-state index contributed by atoms with van der Waals surface area (Å²) in [6.45, 7) is 3.78. The number of amides is 1. The molecule has 5 nitrogen and oxygen atoms in total. The van der Waals surface area contributed by atoms with Crippen LogP contribution in [0.25, 0.3) is 0 Å². The van der Waals surface area contributed by atoms with Crippen LogP contribution in [0, 0.1) is 0 Å². The summed E-state index contributed by atoms with van der Waals surface area (Å²) in [5.41, 5.74) is 5.57. The lowest BCUT2D eigenvalue weighted by molar-refractivity contribution is -0.132. The number of rotatable bonds is 4. The van der Waals surface area contributed by atoms with Gasteiger partial charge in [-0.15, -0.1) is 24.8 Å². The van der Waals surface area contributed by atoms with Crippen LogP contribution in [-0.4, -0.2) is 54.2 Å². The van der Waals surface area contributed by atoms with Gasteiger partial charge in [-0.25, -0.2) is 0 Å². The smallest absolute Gasteiger partial charge is 0.249 e. The molecule has 2 aliphatic heterocycles. The van der Waals surface area contributed by atoms with Crippen molar-refractivity contribution in [2.45, 2.75) is 69.4 Å². The molecule has 124 valence electrons. The van der Waals surface area contributed by atoms with Crippen LogP contribution < -0.4 is 11.1 Å². The fraction of sp³-hybridized carbons (Fsp3) is 0.929. The van der Waals surface area contributed by atoms with E-state index < -0.39 is 0 Å². The topological polar surface area (TPSA) is 67.6 Å². The maximum Gasteiger partial charge on any atom is 0.249 e. The van der Waals surface area contributed by atoms with Gasteiger partial charge in [-0.1, -0.05) is 0 Å². The first-order valence-corrected chi connectivity index (χ1v) is 7.59. The second-order valence-corrected chi connectivity index (χ2v) is 6.28. The van der Waals surface area contributed by atoms with Gasteiger partial charge in [-0.2, -0.15) is 0 Å². The standard InChI is InChI=1S/C14H25N3O2.2ClH/c1-9-6-10(8-17(9)11-2-3-11)16-14(18)13-5-4-12(7-15)19-13;;/h9-13H,2-8,15H2,1H3,(H,16,18);2*1H/t9?,10?,12-,13+;;/m1../s1. The first kappa shape index (κ1) is 19.0. The molecule has 1 aliphatic carbocycles. The second kappa shape index (κ2) is 7.97. The van der Waals surface area contributed by atoms with E-state index in [2.05, 4.69) is 17.1 Å². The van der Waals surface area contributed by atoms with Gasteiger partial charge in [-0.3, -0.25) is 9.69 Å². The third kappa shape index (κ3) is 4.45. The van der Waals surface area contributed by atoms with Crippen molar-refractivity contribution in [3.05, 3.63) is 0 Å². The van der Waals surface area contributed by atoms with Crippen molar-refractivity contribution in [2.75, 3.05) is 13.1 Å². The number of carbonyl (C=O) groups is 1. The Hall–Kier alpha value is -0.0700. The van der Waals surface area contributed by atoms with Crippen LogP contribution in [0.4, 0.5) is 0 Å². The zero-order chi connectivity index (χ0) is 13.4. The molecule has 3 N–H and O–H groups in total. The number of nitrogens with two attached hydrogens (primary N) is 1. The molecule has 0 aromatic heterocycles. The lowest BCUT2D eigenvalue weighted by atomic mass is 10.1. The Morgan fingerprint density at radius 3 is 2.57 bits per heavy atom. The quantitative estimate of drug-likeness (QED) is 0.804. The lowest BCUT2D eigenvalue weighted by Crippen LogP contribution is -2.43. The van der Waals surface area contributed by atoms with Gasteiger partial charge in [0.2, 0.25) is 5.91 Å². The van der Waals surface area contributed by atoms with E-state index in [1.165, 1.54) is 12.8 Å². The summed E-state index contributed by atoms with van der Waals surface area (Å²) in [7, 11) is 0. The Kier molecular flexibility index (Phi) is 7.20. The van der Waals surface area contributed by atoms with Gasteiger partial charge >= 0.3 is 0 Å². The molecular formula is C14H27Cl2N3O2. The van der Waals surface area contributed by atoms with E-state index in [4.69, 9.17) is 10.5 Å². The minimum absolute atomic E-state index is 0. The predicted octanol–water partition coefficient (Wildman–Crippen LogP) is 1.08. The van der Waals surface area contributed by atoms with E-state index in [9.17, 15) is 4.79 Å². The van der Waals surface area contributed by atoms with E-state index in [0.29, 0.717) is 18.6 Å². The number of carbonyl (C=O) groups excluding carboxylic acids is 1. The fourth-order valence-corrected chi connectivity index (χ4v) is 3.44. The van der Waals surface area contributed by atoms with Gasteiger partial charge < -0.3 is 15.8 Å². The van der Waals surface area contributed by atoms with Crippen molar-refractivity contribution in [3.63, 3.8) is 0 Å². The number of ether oxygens (including phenoxy) is 1. The lowest BCUT2D eigenvalue weighted by Gasteiger charge is -2.20. The minimum Gasteiger partial charge on any atom is -0.364 e. The van der Waals surface area contributed by atoms with Crippen LogP contribution in [0.1, 0.15) is 39.0 Å². The monoisotopic (exact) mass is 339 g/mol. The third-order valence-corrected chi connectivity index (χ3v) is 4.65. The Morgan fingerprint density at radius 1 is 1.29 bits per heavy atom. The van der Waals surface area contributed by atoms with Crippen molar-refractivity contribution in [1.82, 2.24) is 10.2 Å². The Labute approximate surface area is 139 Å². The SMILES string of the molecule is CC1CC(NC(=O)[C@@H]2CC[C@H](CN)O2)CN1C1CC1.Cl.Cl. The van der Waals surface area contributed by atoms with Gasteiger partial charge in [-0.05, 0) is 39.0 Å². The van der Waals surface area contributed by atoms with Crippen LogP contribution in [0.2, 0.25) is 0 Å². The Balaban J connectivity index is 0.00000110. The van der Waals surface area contributed by atoms with Crippen molar-refractivity contribution in [3.8, 4) is 0 Å². The minimum atomic E-state index is -0.279.